The largest absolute Gasteiger partial charge is 0.343 e. The fraction of sp³-hybridized carbons (Fsp3) is 0.143. The molecule has 2 aromatic heterocycles. The minimum Gasteiger partial charge on any atom is -0.343 e. The normalized spacial score (nSPS) is 11.2. The van der Waals surface area contributed by atoms with Gasteiger partial charge in [-0.2, -0.15) is 5.10 Å². The van der Waals surface area contributed by atoms with Crippen LogP contribution in [-0.2, 0) is 6.42 Å². The lowest BCUT2D eigenvalue weighted by atomic mass is 10.0. The molecule has 0 aliphatic rings. The van der Waals surface area contributed by atoms with Gasteiger partial charge < -0.3 is 4.98 Å². The summed E-state index contributed by atoms with van der Waals surface area (Å²) in [5.74, 6) is 0.387. The molecule has 0 aliphatic heterocycles. The van der Waals surface area contributed by atoms with E-state index >= 15 is 0 Å². The Morgan fingerprint density at radius 2 is 1.78 bits per heavy atom. The summed E-state index contributed by atoms with van der Waals surface area (Å²) in [5, 5.41) is 5.97. The number of aromatic amines is 1. The summed E-state index contributed by atoms with van der Waals surface area (Å²) >= 11 is 11.9. The van der Waals surface area contributed by atoms with E-state index in [9.17, 15) is 4.79 Å². The molecule has 27 heavy (non-hydrogen) atoms. The lowest BCUT2D eigenvalue weighted by Gasteiger charge is -2.07. The summed E-state index contributed by atoms with van der Waals surface area (Å²) in [7, 11) is 0. The molecule has 0 bridgehead atoms. The molecule has 0 radical (unpaired) electrons. The molecule has 6 heteroatoms. The minimum atomic E-state index is -0.0333. The number of aryl methyl sites for hydroxylation is 1. The Hall–Kier alpha value is -2.56. The number of nitrogens with one attached hydrogen (secondary N) is 1. The van der Waals surface area contributed by atoms with Gasteiger partial charge in [0.1, 0.15) is 11.3 Å². The van der Waals surface area contributed by atoms with Gasteiger partial charge in [-0.1, -0.05) is 41.9 Å². The van der Waals surface area contributed by atoms with E-state index in [1.807, 2.05) is 49.4 Å². The molecule has 4 nitrogen and oxygen atoms in total. The van der Waals surface area contributed by atoms with Gasteiger partial charge in [0, 0.05) is 27.7 Å². The maximum atomic E-state index is 13.3. The Morgan fingerprint density at radius 3 is 2.44 bits per heavy atom. The van der Waals surface area contributed by atoms with Gasteiger partial charge in [-0.05, 0) is 37.6 Å². The number of halogens is 2. The zero-order valence-electron chi connectivity index (χ0n) is 14.7. The maximum absolute atomic E-state index is 13.3. The second-order valence-electron chi connectivity index (χ2n) is 6.32. The Morgan fingerprint density at radius 1 is 1.07 bits per heavy atom. The zero-order valence-corrected chi connectivity index (χ0v) is 16.2. The monoisotopic (exact) mass is 397 g/mol. The number of benzene rings is 2. The molecule has 2 aromatic carbocycles. The van der Waals surface area contributed by atoms with Crippen LogP contribution in [0.1, 0.15) is 11.3 Å². The smallest absolute Gasteiger partial charge is 0.196 e. The van der Waals surface area contributed by atoms with Gasteiger partial charge >= 0.3 is 0 Å². The second-order valence-corrected chi connectivity index (χ2v) is 7.14. The van der Waals surface area contributed by atoms with Crippen molar-refractivity contribution in [3.8, 4) is 16.9 Å². The highest BCUT2D eigenvalue weighted by Crippen LogP contribution is 2.28. The summed E-state index contributed by atoms with van der Waals surface area (Å²) in [5.41, 5.74) is 4.49. The summed E-state index contributed by atoms with van der Waals surface area (Å²) in [4.78, 5) is 16.7. The number of aromatic nitrogens is 3. The SMILES string of the molecule is Cc1[nH]c2c(c(-c3ccc(Cl)cc3)nn2-c2ccccc2)c(=O)c1CCCl. The average Bonchev–Trinajstić information content (AvgIpc) is 3.06. The predicted octanol–water partition coefficient (Wildman–Crippen LogP) is 5.12. The predicted molar refractivity (Wildman–Crippen MR) is 111 cm³/mol. The molecule has 1 N–H and O–H groups in total. The van der Waals surface area contributed by atoms with Crippen molar-refractivity contribution in [2.24, 2.45) is 0 Å². The molecule has 4 rings (SSSR count). The molecule has 0 amide bonds. The Balaban J connectivity index is 2.09. The van der Waals surface area contributed by atoms with E-state index in [0.717, 1.165) is 16.9 Å². The van der Waals surface area contributed by atoms with E-state index in [2.05, 4.69) is 4.98 Å². The highest BCUT2D eigenvalue weighted by Gasteiger charge is 2.20. The summed E-state index contributed by atoms with van der Waals surface area (Å²) in [6.45, 7) is 1.90. The van der Waals surface area contributed by atoms with E-state index in [4.69, 9.17) is 28.3 Å². The van der Waals surface area contributed by atoms with E-state index in [1.165, 1.54) is 0 Å². The lowest BCUT2D eigenvalue weighted by molar-refractivity contribution is 0.895. The van der Waals surface area contributed by atoms with Crippen LogP contribution in [0.25, 0.3) is 28.0 Å². The first-order chi connectivity index (χ1) is 13.1. The van der Waals surface area contributed by atoms with Gasteiger partial charge in [-0.15, -0.1) is 11.6 Å². The Labute approximate surface area is 166 Å². The fourth-order valence-electron chi connectivity index (χ4n) is 3.28. The number of para-hydroxylation sites is 1. The molecular weight excluding hydrogens is 381 g/mol. The third-order valence-corrected chi connectivity index (χ3v) is 5.05. The summed E-state index contributed by atoms with van der Waals surface area (Å²) < 4.78 is 1.78. The second kappa shape index (κ2) is 7.22. The number of alkyl halides is 1. The molecule has 0 spiro atoms. The quantitative estimate of drug-likeness (QED) is 0.485. The molecule has 0 fully saturated rings. The molecular formula is C21H17Cl2N3O. The molecule has 0 unspecified atom stereocenters. The van der Waals surface area contributed by atoms with Crippen molar-refractivity contribution in [3.63, 3.8) is 0 Å². The van der Waals surface area contributed by atoms with Crippen molar-refractivity contribution in [2.75, 3.05) is 5.88 Å². The molecule has 0 atom stereocenters. The minimum absolute atomic E-state index is 0.0333. The summed E-state index contributed by atoms with van der Waals surface area (Å²) in [6.07, 6.45) is 0.509. The van der Waals surface area contributed by atoms with Crippen molar-refractivity contribution < 1.29 is 0 Å². The van der Waals surface area contributed by atoms with E-state index in [0.29, 0.717) is 39.6 Å². The van der Waals surface area contributed by atoms with Gasteiger partial charge in [0.05, 0.1) is 11.1 Å². The molecule has 4 aromatic rings. The molecule has 2 heterocycles. The Bertz CT molecular complexity index is 1160. The number of hydrogen-bond acceptors (Lipinski definition) is 2. The molecule has 136 valence electrons. The molecule has 0 saturated heterocycles. The lowest BCUT2D eigenvalue weighted by Crippen LogP contribution is -2.14. The maximum Gasteiger partial charge on any atom is 0.196 e. The highest BCUT2D eigenvalue weighted by atomic mass is 35.5. The van der Waals surface area contributed by atoms with Crippen LogP contribution in [0.4, 0.5) is 0 Å². The van der Waals surface area contributed by atoms with E-state index in [1.54, 1.807) is 16.8 Å². The van der Waals surface area contributed by atoms with Gasteiger partial charge in [-0.3, -0.25) is 4.79 Å². The highest BCUT2D eigenvalue weighted by molar-refractivity contribution is 6.30. The number of H-pyrrole nitrogens is 1. The van der Waals surface area contributed by atoms with E-state index < -0.39 is 0 Å². The fourth-order valence-corrected chi connectivity index (χ4v) is 3.60. The molecule has 0 aliphatic carbocycles. The average molecular weight is 398 g/mol. The first-order valence-electron chi connectivity index (χ1n) is 8.62. The van der Waals surface area contributed by atoms with Crippen LogP contribution in [0.2, 0.25) is 5.02 Å². The number of fused-ring (bicyclic) bond motifs is 1. The van der Waals surface area contributed by atoms with Crippen LogP contribution >= 0.6 is 23.2 Å². The van der Waals surface area contributed by atoms with Gasteiger partial charge in [-0.25, -0.2) is 4.68 Å². The van der Waals surface area contributed by atoms with Gasteiger partial charge in [0.25, 0.3) is 0 Å². The first kappa shape index (κ1) is 17.8. The number of pyridine rings is 1. The van der Waals surface area contributed by atoms with Crippen molar-refractivity contribution >= 4 is 34.2 Å². The van der Waals surface area contributed by atoms with Crippen molar-refractivity contribution in [3.05, 3.63) is 81.1 Å². The van der Waals surface area contributed by atoms with Crippen LogP contribution < -0.4 is 5.43 Å². The van der Waals surface area contributed by atoms with Crippen molar-refractivity contribution in [1.29, 1.82) is 0 Å². The summed E-state index contributed by atoms with van der Waals surface area (Å²) in [6, 6.07) is 17.1. The van der Waals surface area contributed by atoms with Crippen LogP contribution in [0.3, 0.4) is 0 Å². The Kier molecular flexibility index (Phi) is 4.77. The number of nitrogens with zero attached hydrogens (tertiary/aromatic N) is 2. The number of hydrogen-bond donors (Lipinski definition) is 1. The van der Waals surface area contributed by atoms with Gasteiger partial charge in [0.2, 0.25) is 0 Å². The van der Waals surface area contributed by atoms with Crippen LogP contribution in [0.15, 0.2) is 59.4 Å². The molecule has 0 saturated carbocycles. The topological polar surface area (TPSA) is 50.7 Å². The standard InChI is InChI=1S/C21H17Cl2N3O/c1-13-17(11-12-22)20(27)18-19(14-7-9-15(23)10-8-14)25-26(21(18)24-13)16-5-3-2-4-6-16/h2-10H,11-12H2,1H3,(H,24,27). The number of rotatable bonds is 4. The van der Waals surface area contributed by atoms with Crippen molar-refractivity contribution in [2.45, 2.75) is 13.3 Å². The van der Waals surface area contributed by atoms with E-state index in [-0.39, 0.29) is 5.43 Å². The van der Waals surface area contributed by atoms with Crippen LogP contribution in [-0.4, -0.2) is 20.6 Å². The zero-order chi connectivity index (χ0) is 19.0. The third kappa shape index (κ3) is 3.15. The van der Waals surface area contributed by atoms with Crippen LogP contribution in [0.5, 0.6) is 0 Å². The van der Waals surface area contributed by atoms with Crippen LogP contribution in [0, 0.1) is 6.92 Å². The third-order valence-electron chi connectivity index (χ3n) is 4.61. The van der Waals surface area contributed by atoms with Crippen molar-refractivity contribution in [1.82, 2.24) is 14.8 Å². The first-order valence-corrected chi connectivity index (χ1v) is 9.53. The van der Waals surface area contributed by atoms with Gasteiger partial charge in [0.15, 0.2) is 5.43 Å².